The number of hydrogen-bond acceptors (Lipinski definition) is 4. The van der Waals surface area contributed by atoms with Crippen LogP contribution in [0, 0.1) is 6.92 Å². The van der Waals surface area contributed by atoms with Gasteiger partial charge in [0, 0.05) is 21.3 Å². The Morgan fingerprint density at radius 2 is 1.77 bits per heavy atom. The number of nitrogens with one attached hydrogen (secondary N) is 1. The average molecular weight is 462 g/mol. The summed E-state index contributed by atoms with van der Waals surface area (Å²) in [5.41, 5.74) is 2.04. The lowest BCUT2D eigenvalue weighted by Gasteiger charge is -2.14. The largest absolute Gasteiger partial charge is 0.467 e. The Balaban J connectivity index is 1.82. The van der Waals surface area contributed by atoms with Gasteiger partial charge in [0.25, 0.3) is 11.8 Å². The molecule has 152 valence electrons. The van der Waals surface area contributed by atoms with E-state index in [1.165, 1.54) is 12.3 Å². The molecule has 0 spiro atoms. The van der Waals surface area contributed by atoms with Gasteiger partial charge in [0.05, 0.1) is 23.4 Å². The van der Waals surface area contributed by atoms with Crippen LogP contribution in [0.25, 0.3) is 5.57 Å². The molecule has 0 radical (unpaired) electrons. The predicted molar refractivity (Wildman–Crippen MR) is 117 cm³/mol. The number of nitrogens with zero attached hydrogens (tertiary/aromatic N) is 1. The third-order valence-corrected chi connectivity index (χ3v) is 5.75. The number of benzene rings is 2. The van der Waals surface area contributed by atoms with Crippen molar-refractivity contribution in [2.75, 3.05) is 5.32 Å². The minimum Gasteiger partial charge on any atom is -0.467 e. The molecule has 0 saturated carbocycles. The van der Waals surface area contributed by atoms with Crippen molar-refractivity contribution in [2.45, 2.75) is 13.5 Å². The van der Waals surface area contributed by atoms with Gasteiger partial charge in [-0.15, -0.1) is 0 Å². The monoisotopic (exact) mass is 460 g/mol. The summed E-state index contributed by atoms with van der Waals surface area (Å²) < 4.78 is 5.31. The Kier molecular flexibility index (Phi) is 5.60. The van der Waals surface area contributed by atoms with E-state index in [0.717, 1.165) is 10.5 Å². The van der Waals surface area contributed by atoms with Crippen molar-refractivity contribution in [3.05, 3.63) is 92.4 Å². The zero-order chi connectivity index (χ0) is 21.4. The summed E-state index contributed by atoms with van der Waals surface area (Å²) in [6, 6.07) is 13.4. The molecule has 2 heterocycles. The summed E-state index contributed by atoms with van der Waals surface area (Å²) in [5.74, 6) is -0.488. The Labute approximate surface area is 187 Å². The third kappa shape index (κ3) is 3.72. The molecule has 2 amide bonds. The predicted octanol–water partition coefficient (Wildman–Crippen LogP) is 5.94. The molecule has 0 unspecified atom stereocenters. The highest BCUT2D eigenvalue weighted by molar-refractivity contribution is 6.41. The van der Waals surface area contributed by atoms with Gasteiger partial charge in [-0.25, -0.2) is 0 Å². The highest BCUT2D eigenvalue weighted by atomic mass is 35.5. The van der Waals surface area contributed by atoms with Crippen molar-refractivity contribution in [1.29, 1.82) is 0 Å². The van der Waals surface area contributed by atoms with Gasteiger partial charge in [-0.3, -0.25) is 14.5 Å². The fourth-order valence-corrected chi connectivity index (χ4v) is 3.89. The van der Waals surface area contributed by atoms with Gasteiger partial charge in [-0.2, -0.15) is 0 Å². The topological polar surface area (TPSA) is 62.6 Å². The number of furan rings is 1. The molecule has 0 bridgehead atoms. The molecule has 0 aliphatic carbocycles. The first-order chi connectivity index (χ1) is 14.4. The summed E-state index contributed by atoms with van der Waals surface area (Å²) >= 11 is 18.6. The molecule has 0 fully saturated rings. The van der Waals surface area contributed by atoms with Gasteiger partial charge in [0.2, 0.25) is 0 Å². The fourth-order valence-electron chi connectivity index (χ4n) is 3.21. The molecule has 1 aliphatic heterocycles. The molecule has 1 aromatic heterocycles. The minimum atomic E-state index is -0.489. The number of amides is 2. The van der Waals surface area contributed by atoms with Crippen LogP contribution in [0.2, 0.25) is 15.1 Å². The lowest BCUT2D eigenvalue weighted by molar-refractivity contribution is -0.137. The maximum absolute atomic E-state index is 13.3. The summed E-state index contributed by atoms with van der Waals surface area (Å²) in [5, 5.41) is 4.32. The van der Waals surface area contributed by atoms with Crippen LogP contribution in [-0.4, -0.2) is 16.7 Å². The van der Waals surface area contributed by atoms with E-state index in [2.05, 4.69) is 5.32 Å². The van der Waals surface area contributed by atoms with Gasteiger partial charge in [0.15, 0.2) is 0 Å². The van der Waals surface area contributed by atoms with E-state index in [-0.39, 0.29) is 22.8 Å². The van der Waals surface area contributed by atoms with Crippen LogP contribution >= 0.6 is 34.8 Å². The molecule has 2 aromatic carbocycles. The molecule has 1 aliphatic rings. The van der Waals surface area contributed by atoms with Crippen molar-refractivity contribution >= 4 is 57.9 Å². The highest BCUT2D eigenvalue weighted by Crippen LogP contribution is 2.36. The zero-order valence-electron chi connectivity index (χ0n) is 15.7. The summed E-state index contributed by atoms with van der Waals surface area (Å²) in [6.45, 7) is 1.82. The standard InChI is InChI=1S/C22H15Cl3N2O3/c1-12-16(24)5-2-6-18(12)26-20-19(15-8-7-13(23)10-17(15)25)21(28)27(22(20)29)11-14-4-3-9-30-14/h2-10,26H,11H2,1H3. The second-order valence-corrected chi connectivity index (χ2v) is 7.94. The number of carbonyl (C=O) groups is 2. The molecular formula is C22H15Cl3N2O3. The van der Waals surface area contributed by atoms with Crippen LogP contribution in [0.1, 0.15) is 16.9 Å². The van der Waals surface area contributed by atoms with Crippen LogP contribution < -0.4 is 5.32 Å². The molecule has 0 saturated heterocycles. The molecule has 4 rings (SSSR count). The lowest BCUT2D eigenvalue weighted by Crippen LogP contribution is -2.31. The average Bonchev–Trinajstić information content (AvgIpc) is 3.29. The van der Waals surface area contributed by atoms with Crippen molar-refractivity contribution in [3.63, 3.8) is 0 Å². The van der Waals surface area contributed by atoms with Crippen LogP contribution in [0.15, 0.2) is 64.9 Å². The third-order valence-electron chi connectivity index (χ3n) is 4.79. The second kappa shape index (κ2) is 8.19. The van der Waals surface area contributed by atoms with E-state index >= 15 is 0 Å². The molecule has 0 atom stereocenters. The van der Waals surface area contributed by atoms with Gasteiger partial charge >= 0.3 is 0 Å². The fraction of sp³-hybridized carbons (Fsp3) is 0.0909. The van der Waals surface area contributed by atoms with Crippen molar-refractivity contribution < 1.29 is 14.0 Å². The van der Waals surface area contributed by atoms with Crippen LogP contribution in [0.5, 0.6) is 0 Å². The van der Waals surface area contributed by atoms with Crippen molar-refractivity contribution in [2.24, 2.45) is 0 Å². The molecule has 30 heavy (non-hydrogen) atoms. The number of anilines is 1. The lowest BCUT2D eigenvalue weighted by atomic mass is 10.0. The van der Waals surface area contributed by atoms with Crippen LogP contribution in [0.3, 0.4) is 0 Å². The zero-order valence-corrected chi connectivity index (χ0v) is 18.0. The van der Waals surface area contributed by atoms with Gasteiger partial charge < -0.3 is 9.73 Å². The summed E-state index contributed by atoms with van der Waals surface area (Å²) in [7, 11) is 0. The van der Waals surface area contributed by atoms with E-state index < -0.39 is 11.8 Å². The quantitative estimate of drug-likeness (QED) is 0.478. The number of carbonyl (C=O) groups excluding carboxylic acids is 2. The van der Waals surface area contributed by atoms with E-state index in [4.69, 9.17) is 39.2 Å². The van der Waals surface area contributed by atoms with E-state index in [9.17, 15) is 9.59 Å². The number of halogens is 3. The molecule has 5 nitrogen and oxygen atoms in total. The van der Waals surface area contributed by atoms with Crippen molar-refractivity contribution in [1.82, 2.24) is 4.90 Å². The normalized spacial score (nSPS) is 14.1. The SMILES string of the molecule is Cc1c(Cl)cccc1NC1=C(c2ccc(Cl)cc2Cl)C(=O)N(Cc2ccco2)C1=O. The number of rotatable bonds is 5. The van der Waals surface area contributed by atoms with Gasteiger partial charge in [0.1, 0.15) is 11.5 Å². The van der Waals surface area contributed by atoms with Crippen molar-refractivity contribution in [3.8, 4) is 0 Å². The summed E-state index contributed by atoms with van der Waals surface area (Å²) in [6.07, 6.45) is 1.49. The number of imide groups is 1. The second-order valence-electron chi connectivity index (χ2n) is 6.69. The van der Waals surface area contributed by atoms with E-state index in [0.29, 0.717) is 27.1 Å². The van der Waals surface area contributed by atoms with Crippen LogP contribution in [-0.2, 0) is 16.1 Å². The Hall–Kier alpha value is -2.73. The van der Waals surface area contributed by atoms with Gasteiger partial charge in [-0.1, -0.05) is 46.9 Å². The summed E-state index contributed by atoms with van der Waals surface area (Å²) in [4.78, 5) is 27.6. The first-order valence-corrected chi connectivity index (χ1v) is 10.1. The molecular weight excluding hydrogens is 447 g/mol. The minimum absolute atomic E-state index is 0.000909. The van der Waals surface area contributed by atoms with E-state index in [1.54, 1.807) is 42.5 Å². The Bertz CT molecular complexity index is 1190. The van der Waals surface area contributed by atoms with Gasteiger partial charge in [-0.05, 0) is 48.9 Å². The Morgan fingerprint density at radius 1 is 0.967 bits per heavy atom. The number of hydrogen-bond donors (Lipinski definition) is 1. The molecule has 3 aromatic rings. The maximum Gasteiger partial charge on any atom is 0.278 e. The van der Waals surface area contributed by atoms with Crippen LogP contribution in [0.4, 0.5) is 5.69 Å². The maximum atomic E-state index is 13.3. The highest BCUT2D eigenvalue weighted by Gasteiger charge is 2.40. The Morgan fingerprint density at radius 3 is 2.47 bits per heavy atom. The first kappa shape index (κ1) is 20.5. The van der Waals surface area contributed by atoms with E-state index in [1.807, 2.05) is 6.92 Å². The molecule has 1 N–H and O–H groups in total. The first-order valence-electron chi connectivity index (χ1n) is 8.97. The molecule has 8 heteroatoms. The smallest absolute Gasteiger partial charge is 0.278 e.